The van der Waals surface area contributed by atoms with Gasteiger partial charge in [-0.05, 0) is 29.7 Å². The van der Waals surface area contributed by atoms with Gasteiger partial charge in [-0.1, -0.05) is 48.5 Å². The summed E-state index contributed by atoms with van der Waals surface area (Å²) in [6.07, 6.45) is 0.780. The molecular weight excluding hydrogens is 370 g/mol. The summed E-state index contributed by atoms with van der Waals surface area (Å²) in [5, 5.41) is 4.08. The molecule has 0 radical (unpaired) electrons. The molecule has 0 atom stereocenters. The Balaban J connectivity index is 1.42. The Morgan fingerprint density at radius 1 is 0.966 bits per heavy atom. The van der Waals surface area contributed by atoms with Crippen LogP contribution >= 0.6 is 0 Å². The fourth-order valence-corrected chi connectivity index (χ4v) is 3.30. The highest BCUT2D eigenvalue weighted by molar-refractivity contribution is 5.98. The fourth-order valence-electron chi connectivity index (χ4n) is 3.30. The first-order valence-electron chi connectivity index (χ1n) is 9.29. The molecular formula is C22H19N3O4. The largest absolute Gasteiger partial charge is 0.451 e. The summed E-state index contributed by atoms with van der Waals surface area (Å²) in [5.41, 5.74) is 2.49. The average Bonchev–Trinajstić information content (AvgIpc) is 3.18. The van der Waals surface area contributed by atoms with Gasteiger partial charge in [0.1, 0.15) is 0 Å². The zero-order valence-corrected chi connectivity index (χ0v) is 15.7. The van der Waals surface area contributed by atoms with Crippen LogP contribution in [0, 0.1) is 0 Å². The van der Waals surface area contributed by atoms with Gasteiger partial charge in [-0.2, -0.15) is 5.10 Å². The van der Waals surface area contributed by atoms with E-state index in [0.29, 0.717) is 6.54 Å². The van der Waals surface area contributed by atoms with E-state index in [1.54, 1.807) is 4.90 Å². The lowest BCUT2D eigenvalue weighted by atomic mass is 10.2. The number of fused-ring (bicyclic) bond motifs is 1. The third-order valence-electron chi connectivity index (χ3n) is 4.77. The molecule has 0 fully saturated rings. The molecule has 2 heterocycles. The van der Waals surface area contributed by atoms with Crippen LogP contribution in [0.25, 0.3) is 0 Å². The molecule has 29 heavy (non-hydrogen) atoms. The minimum atomic E-state index is -0.743. The Labute approximate surface area is 167 Å². The van der Waals surface area contributed by atoms with Crippen molar-refractivity contribution in [3.63, 3.8) is 0 Å². The maximum absolute atomic E-state index is 12.5. The number of anilines is 1. The second-order valence-corrected chi connectivity index (χ2v) is 6.70. The minimum Gasteiger partial charge on any atom is -0.451 e. The van der Waals surface area contributed by atoms with Crippen molar-refractivity contribution in [1.29, 1.82) is 0 Å². The quantitative estimate of drug-likeness (QED) is 0.624. The monoisotopic (exact) mass is 389 g/mol. The van der Waals surface area contributed by atoms with Gasteiger partial charge in [0.05, 0.1) is 6.54 Å². The summed E-state index contributed by atoms with van der Waals surface area (Å²) in [6, 6.07) is 19.6. The van der Waals surface area contributed by atoms with Gasteiger partial charge in [0, 0.05) is 18.3 Å². The first-order valence-corrected chi connectivity index (χ1v) is 9.29. The highest BCUT2D eigenvalue weighted by Gasteiger charge is 2.25. The molecule has 0 unspecified atom stereocenters. The highest BCUT2D eigenvalue weighted by Crippen LogP contribution is 2.27. The number of hydrogen-bond donors (Lipinski definition) is 0. The van der Waals surface area contributed by atoms with E-state index in [0.717, 1.165) is 23.2 Å². The fraction of sp³-hybridized carbons (Fsp3) is 0.182. The molecule has 1 aromatic heterocycles. The van der Waals surface area contributed by atoms with Gasteiger partial charge >= 0.3 is 5.97 Å². The van der Waals surface area contributed by atoms with E-state index in [1.807, 2.05) is 54.6 Å². The third-order valence-corrected chi connectivity index (χ3v) is 4.77. The Morgan fingerprint density at radius 3 is 2.55 bits per heavy atom. The zero-order valence-electron chi connectivity index (χ0n) is 15.7. The van der Waals surface area contributed by atoms with E-state index in [4.69, 9.17) is 4.74 Å². The molecule has 0 spiro atoms. The predicted molar refractivity (Wildman–Crippen MR) is 107 cm³/mol. The number of ether oxygens (including phenoxy) is 1. The van der Waals surface area contributed by atoms with E-state index in [1.165, 1.54) is 16.8 Å². The molecule has 4 rings (SSSR count). The predicted octanol–water partition coefficient (Wildman–Crippen LogP) is 2.04. The molecule has 0 saturated carbocycles. The number of esters is 1. The van der Waals surface area contributed by atoms with Crippen molar-refractivity contribution in [1.82, 2.24) is 9.78 Å². The number of rotatable bonds is 5. The summed E-state index contributed by atoms with van der Waals surface area (Å²) in [6.45, 7) is 0.423. The lowest BCUT2D eigenvalue weighted by Gasteiger charge is -2.17. The van der Waals surface area contributed by atoms with E-state index < -0.39 is 5.97 Å². The zero-order chi connectivity index (χ0) is 20.2. The smallest absolute Gasteiger partial charge is 0.359 e. The van der Waals surface area contributed by atoms with Crippen LogP contribution in [0.15, 0.2) is 71.5 Å². The molecule has 0 N–H and O–H groups in total. The van der Waals surface area contributed by atoms with Crippen LogP contribution in [0.5, 0.6) is 0 Å². The number of carbonyl (C=O) groups excluding carboxylic acids is 2. The molecule has 0 aliphatic carbocycles. The molecule has 1 aliphatic heterocycles. The van der Waals surface area contributed by atoms with Crippen LogP contribution in [-0.2, 0) is 22.5 Å². The van der Waals surface area contributed by atoms with Gasteiger partial charge in [0.25, 0.3) is 11.5 Å². The Morgan fingerprint density at radius 2 is 1.72 bits per heavy atom. The van der Waals surface area contributed by atoms with Crippen LogP contribution in [0.4, 0.5) is 5.69 Å². The summed E-state index contributed by atoms with van der Waals surface area (Å²) in [5.74, 6) is -1.03. The topological polar surface area (TPSA) is 81.5 Å². The summed E-state index contributed by atoms with van der Waals surface area (Å²) in [4.78, 5) is 38.5. The molecule has 0 saturated heterocycles. The Hall–Kier alpha value is -3.74. The van der Waals surface area contributed by atoms with Crippen LogP contribution in [-0.4, -0.2) is 34.8 Å². The van der Waals surface area contributed by atoms with Gasteiger partial charge in [-0.15, -0.1) is 0 Å². The number of benzene rings is 2. The summed E-state index contributed by atoms with van der Waals surface area (Å²) < 4.78 is 6.35. The van der Waals surface area contributed by atoms with Crippen molar-refractivity contribution in [2.45, 2.75) is 13.0 Å². The maximum Gasteiger partial charge on any atom is 0.359 e. The Bertz CT molecular complexity index is 1110. The van der Waals surface area contributed by atoms with E-state index in [2.05, 4.69) is 5.10 Å². The Kier molecular flexibility index (Phi) is 5.20. The molecule has 1 aliphatic rings. The van der Waals surface area contributed by atoms with Crippen molar-refractivity contribution in [2.75, 3.05) is 18.1 Å². The molecule has 0 bridgehead atoms. The summed E-state index contributed by atoms with van der Waals surface area (Å²) >= 11 is 0. The van der Waals surface area contributed by atoms with E-state index in [9.17, 15) is 14.4 Å². The van der Waals surface area contributed by atoms with Crippen molar-refractivity contribution in [3.05, 3.63) is 93.9 Å². The molecule has 3 aromatic rings. The normalized spacial score (nSPS) is 12.5. The lowest BCUT2D eigenvalue weighted by Crippen LogP contribution is -2.33. The highest BCUT2D eigenvalue weighted by atomic mass is 16.5. The van der Waals surface area contributed by atoms with Crippen LogP contribution in [0.3, 0.4) is 0 Å². The van der Waals surface area contributed by atoms with Crippen LogP contribution < -0.4 is 10.5 Å². The molecule has 7 nitrogen and oxygen atoms in total. The number of nitrogens with zero attached hydrogens (tertiary/aromatic N) is 3. The number of carbonyl (C=O) groups is 2. The number of hydrogen-bond acceptors (Lipinski definition) is 5. The SMILES string of the molecule is O=C(OCC(=O)N1CCc2ccccc21)c1ccc(=O)n(Cc2ccccc2)n1. The molecule has 146 valence electrons. The third kappa shape index (κ3) is 4.08. The van der Waals surface area contributed by atoms with E-state index in [-0.39, 0.29) is 30.3 Å². The first kappa shape index (κ1) is 18.6. The maximum atomic E-state index is 12.5. The number of aromatic nitrogens is 2. The second-order valence-electron chi connectivity index (χ2n) is 6.70. The molecule has 7 heteroatoms. The van der Waals surface area contributed by atoms with Crippen molar-refractivity contribution in [2.24, 2.45) is 0 Å². The first-order chi connectivity index (χ1) is 14.1. The van der Waals surface area contributed by atoms with Gasteiger partial charge < -0.3 is 9.64 Å². The van der Waals surface area contributed by atoms with Gasteiger partial charge in [-0.3, -0.25) is 9.59 Å². The minimum absolute atomic E-state index is 0.0184. The van der Waals surface area contributed by atoms with Crippen molar-refractivity contribution in [3.8, 4) is 0 Å². The molecule has 2 aromatic carbocycles. The van der Waals surface area contributed by atoms with Crippen molar-refractivity contribution >= 4 is 17.6 Å². The standard InChI is InChI=1S/C22H19N3O4/c26-20-11-10-18(23-25(20)14-16-6-2-1-3-7-16)22(28)29-15-21(27)24-13-12-17-8-4-5-9-19(17)24/h1-11H,12-15H2. The molecule has 1 amide bonds. The van der Waals surface area contributed by atoms with Gasteiger partial charge in [0.2, 0.25) is 0 Å². The summed E-state index contributed by atoms with van der Waals surface area (Å²) in [7, 11) is 0. The van der Waals surface area contributed by atoms with Crippen LogP contribution in [0.1, 0.15) is 21.6 Å². The van der Waals surface area contributed by atoms with Gasteiger partial charge in [0.15, 0.2) is 12.3 Å². The average molecular weight is 389 g/mol. The number of para-hydroxylation sites is 1. The second kappa shape index (κ2) is 8.10. The van der Waals surface area contributed by atoms with Crippen molar-refractivity contribution < 1.29 is 14.3 Å². The van der Waals surface area contributed by atoms with Gasteiger partial charge in [-0.25, -0.2) is 9.48 Å². The van der Waals surface area contributed by atoms with Crippen LogP contribution in [0.2, 0.25) is 0 Å². The van der Waals surface area contributed by atoms with E-state index >= 15 is 0 Å². The number of amides is 1. The lowest BCUT2D eigenvalue weighted by molar-refractivity contribution is -0.121.